The molecule has 1 saturated heterocycles. The Morgan fingerprint density at radius 1 is 1.13 bits per heavy atom. The maximum Gasteiger partial charge on any atom is 0.254 e. The van der Waals surface area contributed by atoms with Crippen LogP contribution >= 0.6 is 0 Å². The number of nitrogens with zero attached hydrogens (tertiary/aromatic N) is 2. The van der Waals surface area contributed by atoms with Gasteiger partial charge in [0.2, 0.25) is 5.91 Å². The van der Waals surface area contributed by atoms with E-state index in [2.05, 4.69) is 15.5 Å². The number of fused-ring (bicyclic) bond motifs is 1. The normalized spacial score (nSPS) is 14.8. The minimum absolute atomic E-state index is 0.0165. The van der Waals surface area contributed by atoms with Crippen LogP contribution in [-0.4, -0.2) is 46.5 Å². The van der Waals surface area contributed by atoms with E-state index in [-0.39, 0.29) is 17.7 Å². The molecule has 0 aliphatic carbocycles. The quantitative estimate of drug-likeness (QED) is 0.618. The number of amides is 2. The maximum absolute atomic E-state index is 13.1. The van der Waals surface area contributed by atoms with Gasteiger partial charge in [-0.2, -0.15) is 5.10 Å². The molecule has 6 nitrogen and oxygen atoms in total. The van der Waals surface area contributed by atoms with Crippen LogP contribution in [0.2, 0.25) is 0 Å². The van der Waals surface area contributed by atoms with E-state index in [1.54, 1.807) is 0 Å². The summed E-state index contributed by atoms with van der Waals surface area (Å²) < 4.78 is 0. The highest BCUT2D eigenvalue weighted by Crippen LogP contribution is 2.23. The molecule has 2 heterocycles. The highest BCUT2D eigenvalue weighted by Gasteiger charge is 2.28. The summed E-state index contributed by atoms with van der Waals surface area (Å²) in [5.41, 5.74) is 3.03. The number of aromatic nitrogens is 2. The topological polar surface area (TPSA) is 78.1 Å². The van der Waals surface area contributed by atoms with Crippen molar-refractivity contribution in [2.75, 3.05) is 19.6 Å². The van der Waals surface area contributed by atoms with Gasteiger partial charge in [-0.05, 0) is 55.0 Å². The summed E-state index contributed by atoms with van der Waals surface area (Å²) in [6.07, 6.45) is 5.07. The van der Waals surface area contributed by atoms with Crippen molar-refractivity contribution >= 4 is 22.6 Å². The van der Waals surface area contributed by atoms with E-state index < -0.39 is 0 Å². The molecule has 0 atom stereocenters. The van der Waals surface area contributed by atoms with Gasteiger partial charge in [-0.15, -0.1) is 0 Å². The van der Waals surface area contributed by atoms with Crippen molar-refractivity contribution in [3.63, 3.8) is 0 Å². The lowest BCUT2D eigenvalue weighted by Gasteiger charge is -2.31. The Morgan fingerprint density at radius 2 is 1.90 bits per heavy atom. The van der Waals surface area contributed by atoms with Gasteiger partial charge >= 0.3 is 0 Å². The Bertz CT molecular complexity index is 1030. The monoisotopic (exact) mass is 404 g/mol. The number of carbonyl (C=O) groups is 2. The van der Waals surface area contributed by atoms with E-state index in [1.165, 1.54) is 5.56 Å². The first kappa shape index (κ1) is 20.1. The number of aromatic amines is 1. The van der Waals surface area contributed by atoms with Crippen LogP contribution in [0.4, 0.5) is 0 Å². The number of carbonyl (C=O) groups excluding carboxylic acids is 2. The molecule has 2 N–H and O–H groups in total. The van der Waals surface area contributed by atoms with E-state index in [0.29, 0.717) is 32.5 Å². The van der Waals surface area contributed by atoms with Gasteiger partial charge in [0, 0.05) is 36.8 Å². The van der Waals surface area contributed by atoms with Gasteiger partial charge in [-0.1, -0.05) is 36.4 Å². The summed E-state index contributed by atoms with van der Waals surface area (Å²) in [6.45, 7) is 3.91. The molecule has 156 valence electrons. The first-order valence-corrected chi connectivity index (χ1v) is 10.7. The number of aryl methyl sites for hydroxylation is 2. The fraction of sp³-hybridized carbons (Fsp3) is 0.375. The van der Waals surface area contributed by atoms with Gasteiger partial charge in [0.05, 0.1) is 6.20 Å². The smallest absolute Gasteiger partial charge is 0.254 e. The molecule has 1 aromatic heterocycles. The third-order valence-electron chi connectivity index (χ3n) is 6.03. The average molecular weight is 405 g/mol. The molecular weight excluding hydrogens is 376 g/mol. The molecule has 2 amide bonds. The second-order valence-corrected chi connectivity index (χ2v) is 8.01. The Kier molecular flexibility index (Phi) is 6.12. The van der Waals surface area contributed by atoms with E-state index in [4.69, 9.17) is 0 Å². The Labute approximate surface area is 176 Å². The van der Waals surface area contributed by atoms with Crippen molar-refractivity contribution < 1.29 is 9.59 Å². The van der Waals surface area contributed by atoms with Crippen LogP contribution in [0.25, 0.3) is 10.8 Å². The number of benzene rings is 2. The third kappa shape index (κ3) is 4.37. The lowest BCUT2D eigenvalue weighted by atomic mass is 9.94. The Balaban J connectivity index is 1.26. The molecule has 3 aromatic rings. The van der Waals surface area contributed by atoms with Gasteiger partial charge in [0.25, 0.3) is 5.91 Å². The van der Waals surface area contributed by atoms with E-state index >= 15 is 0 Å². The SMILES string of the molecule is Cc1[nH]ncc1CCCNC(=O)C1CCN(C(=O)c2cccc3ccccc23)CC1. The van der Waals surface area contributed by atoms with Crippen molar-refractivity contribution in [3.8, 4) is 0 Å². The summed E-state index contributed by atoms with van der Waals surface area (Å²) in [5, 5.41) is 12.1. The molecule has 0 bridgehead atoms. The van der Waals surface area contributed by atoms with Crippen LogP contribution in [0.5, 0.6) is 0 Å². The third-order valence-corrected chi connectivity index (χ3v) is 6.03. The maximum atomic E-state index is 13.1. The van der Waals surface area contributed by atoms with Crippen LogP contribution in [0.15, 0.2) is 48.7 Å². The van der Waals surface area contributed by atoms with Gasteiger partial charge in [-0.3, -0.25) is 14.7 Å². The van der Waals surface area contributed by atoms with Gasteiger partial charge in [0.15, 0.2) is 0 Å². The zero-order chi connectivity index (χ0) is 20.9. The first-order valence-electron chi connectivity index (χ1n) is 10.7. The van der Waals surface area contributed by atoms with Crippen molar-refractivity contribution in [1.82, 2.24) is 20.4 Å². The molecule has 30 heavy (non-hydrogen) atoms. The lowest BCUT2D eigenvalue weighted by Crippen LogP contribution is -2.43. The van der Waals surface area contributed by atoms with Crippen LogP contribution in [0.3, 0.4) is 0 Å². The minimum atomic E-state index is -0.0165. The van der Waals surface area contributed by atoms with Crippen molar-refractivity contribution in [2.24, 2.45) is 5.92 Å². The van der Waals surface area contributed by atoms with Gasteiger partial charge in [0.1, 0.15) is 0 Å². The fourth-order valence-electron chi connectivity index (χ4n) is 4.19. The molecule has 0 radical (unpaired) electrons. The largest absolute Gasteiger partial charge is 0.356 e. The molecule has 0 unspecified atom stereocenters. The van der Waals surface area contributed by atoms with Crippen LogP contribution in [-0.2, 0) is 11.2 Å². The summed E-state index contributed by atoms with van der Waals surface area (Å²) >= 11 is 0. The van der Waals surface area contributed by atoms with Gasteiger partial charge in [-0.25, -0.2) is 0 Å². The number of rotatable bonds is 6. The standard InChI is InChI=1S/C24H28N4O2/c1-17-20(16-26-27-17)8-5-13-25-23(29)19-11-14-28(15-12-19)24(30)22-10-4-7-18-6-2-3-9-21(18)22/h2-4,6-7,9-10,16,19H,5,8,11-15H2,1H3,(H,25,29)(H,26,27). The highest BCUT2D eigenvalue weighted by molar-refractivity contribution is 6.07. The van der Waals surface area contributed by atoms with Crippen molar-refractivity contribution in [1.29, 1.82) is 0 Å². The molecule has 0 spiro atoms. The highest BCUT2D eigenvalue weighted by atomic mass is 16.2. The van der Waals surface area contributed by atoms with Gasteiger partial charge < -0.3 is 10.2 Å². The molecular formula is C24H28N4O2. The second-order valence-electron chi connectivity index (χ2n) is 8.01. The second kappa shape index (κ2) is 9.11. The van der Waals surface area contributed by atoms with Crippen LogP contribution < -0.4 is 5.32 Å². The average Bonchev–Trinajstić information content (AvgIpc) is 3.20. The lowest BCUT2D eigenvalue weighted by molar-refractivity contribution is -0.126. The molecule has 1 aliphatic heterocycles. The van der Waals surface area contributed by atoms with Crippen LogP contribution in [0, 0.1) is 12.8 Å². The Morgan fingerprint density at radius 3 is 2.67 bits per heavy atom. The first-order chi connectivity index (χ1) is 14.6. The molecule has 1 fully saturated rings. The predicted molar refractivity (Wildman–Crippen MR) is 117 cm³/mol. The predicted octanol–water partition coefficient (Wildman–Crippen LogP) is 3.47. The van der Waals surface area contributed by atoms with E-state index in [1.807, 2.05) is 60.5 Å². The molecule has 0 saturated carbocycles. The van der Waals surface area contributed by atoms with Crippen LogP contribution in [0.1, 0.15) is 40.9 Å². The number of H-pyrrole nitrogens is 1. The summed E-state index contributed by atoms with van der Waals surface area (Å²) in [5.74, 6) is 0.148. The Hall–Kier alpha value is -3.15. The number of hydrogen-bond acceptors (Lipinski definition) is 3. The zero-order valence-corrected chi connectivity index (χ0v) is 17.4. The van der Waals surface area contributed by atoms with E-state index in [9.17, 15) is 9.59 Å². The summed E-state index contributed by atoms with van der Waals surface area (Å²) in [6, 6.07) is 13.8. The number of hydrogen-bond donors (Lipinski definition) is 2. The number of piperidine rings is 1. The summed E-state index contributed by atoms with van der Waals surface area (Å²) in [4.78, 5) is 27.5. The minimum Gasteiger partial charge on any atom is -0.356 e. The molecule has 1 aliphatic rings. The molecule has 6 heteroatoms. The molecule has 4 rings (SSSR count). The number of likely N-dealkylation sites (tertiary alicyclic amines) is 1. The van der Waals surface area contributed by atoms with E-state index in [0.717, 1.165) is 34.9 Å². The molecule has 2 aromatic carbocycles. The zero-order valence-electron chi connectivity index (χ0n) is 17.4. The van der Waals surface area contributed by atoms with Crippen molar-refractivity contribution in [2.45, 2.75) is 32.6 Å². The number of nitrogens with one attached hydrogen (secondary N) is 2. The fourth-order valence-corrected chi connectivity index (χ4v) is 4.19. The summed E-state index contributed by atoms with van der Waals surface area (Å²) in [7, 11) is 0. The van der Waals surface area contributed by atoms with Crippen molar-refractivity contribution in [3.05, 3.63) is 65.5 Å².